The number of aliphatic hydroxyl groups is 1. The molecule has 0 bridgehead atoms. The predicted octanol–water partition coefficient (Wildman–Crippen LogP) is 2.06. The second-order valence-corrected chi connectivity index (χ2v) is 10.3. The average Bonchev–Trinajstić information content (AvgIpc) is 2.95. The normalized spacial score (nSPS) is 16.9. The third kappa shape index (κ3) is 5.41. The van der Waals surface area contributed by atoms with Gasteiger partial charge in [-0.2, -0.15) is 0 Å². The molecule has 0 saturated carbocycles. The van der Waals surface area contributed by atoms with E-state index in [1.165, 1.54) is 6.07 Å². The van der Waals surface area contributed by atoms with E-state index in [2.05, 4.69) is 15.5 Å². The maximum atomic E-state index is 13.0. The minimum atomic E-state index is -0.348. The van der Waals surface area contributed by atoms with Crippen molar-refractivity contribution in [3.05, 3.63) is 69.5 Å². The number of ether oxygens (including phenoxy) is 2. The maximum absolute atomic E-state index is 13.0. The van der Waals surface area contributed by atoms with Crippen LogP contribution in [0.2, 0.25) is 0 Å². The number of aryl methyl sites for hydroxylation is 1. The minimum Gasteiger partial charge on any atom is -0.486 e. The van der Waals surface area contributed by atoms with E-state index in [0.717, 1.165) is 59.5 Å². The Balaban J connectivity index is 1.23. The highest BCUT2D eigenvalue weighted by Gasteiger charge is 2.33. The topological polar surface area (TPSA) is 105 Å². The van der Waals surface area contributed by atoms with Crippen molar-refractivity contribution in [1.82, 2.24) is 20.1 Å². The largest absolute Gasteiger partial charge is 0.486 e. The van der Waals surface area contributed by atoms with Crippen molar-refractivity contribution in [2.24, 2.45) is 0 Å². The quantitative estimate of drug-likeness (QED) is 0.418. The van der Waals surface area contributed by atoms with Crippen molar-refractivity contribution >= 4 is 16.8 Å². The summed E-state index contributed by atoms with van der Waals surface area (Å²) in [6.07, 6.45) is 1.61. The Hall–Kier alpha value is -3.40. The van der Waals surface area contributed by atoms with Gasteiger partial charge in [-0.15, -0.1) is 0 Å². The number of pyridine rings is 1. The van der Waals surface area contributed by atoms with Crippen LogP contribution in [0.1, 0.15) is 34.3 Å². The van der Waals surface area contributed by atoms with Crippen molar-refractivity contribution in [2.75, 3.05) is 46.5 Å². The number of aliphatic hydroxyl groups excluding tert-OH is 1. The van der Waals surface area contributed by atoms with Crippen LogP contribution in [0.4, 0.5) is 0 Å². The molecule has 1 saturated heterocycles. The molecule has 202 valence electrons. The Morgan fingerprint density at radius 1 is 1.03 bits per heavy atom. The van der Waals surface area contributed by atoms with Crippen molar-refractivity contribution < 1.29 is 19.4 Å². The first-order valence-electron chi connectivity index (χ1n) is 13.2. The molecule has 0 radical (unpaired) electrons. The van der Waals surface area contributed by atoms with E-state index in [1.807, 2.05) is 43.3 Å². The molecule has 3 aromatic rings. The van der Waals surface area contributed by atoms with E-state index in [-0.39, 0.29) is 23.6 Å². The lowest BCUT2D eigenvalue weighted by atomic mass is 9.88. The van der Waals surface area contributed by atoms with Gasteiger partial charge in [0.05, 0.1) is 17.7 Å². The first-order valence-corrected chi connectivity index (χ1v) is 13.2. The van der Waals surface area contributed by atoms with Gasteiger partial charge in [0.15, 0.2) is 11.5 Å². The Labute approximate surface area is 222 Å². The average molecular weight is 521 g/mol. The van der Waals surface area contributed by atoms with E-state index >= 15 is 0 Å². The van der Waals surface area contributed by atoms with Crippen molar-refractivity contribution in [2.45, 2.75) is 38.4 Å². The van der Waals surface area contributed by atoms with Crippen LogP contribution in [-0.2, 0) is 13.1 Å². The second kappa shape index (κ2) is 11.1. The minimum absolute atomic E-state index is 0.0652. The zero-order valence-corrected chi connectivity index (χ0v) is 22.1. The summed E-state index contributed by atoms with van der Waals surface area (Å²) in [6, 6.07) is 13.2. The van der Waals surface area contributed by atoms with Gasteiger partial charge in [0.25, 0.3) is 11.5 Å². The number of aromatic nitrogens is 1. The van der Waals surface area contributed by atoms with E-state index in [0.29, 0.717) is 38.4 Å². The molecular formula is C29H36N4O5. The SMILES string of the molecule is CNC(=O)c1cc(=O)n(CCN2CCC(CO)(NCc3ccc4c(c3)OCCO4)CC2)c2cc(C)ccc12. The van der Waals surface area contributed by atoms with Gasteiger partial charge in [-0.3, -0.25) is 9.59 Å². The molecule has 9 heteroatoms. The number of fused-ring (bicyclic) bond motifs is 2. The van der Waals surface area contributed by atoms with Crippen molar-refractivity contribution in [3.8, 4) is 11.5 Å². The lowest BCUT2D eigenvalue weighted by molar-refractivity contribution is 0.0758. The first-order chi connectivity index (χ1) is 18.4. The predicted molar refractivity (Wildman–Crippen MR) is 146 cm³/mol. The third-order valence-electron chi connectivity index (χ3n) is 7.77. The number of carbonyl (C=O) groups excluding carboxylic acids is 1. The molecule has 3 heterocycles. The number of likely N-dealkylation sites (tertiary alicyclic amines) is 1. The zero-order valence-electron chi connectivity index (χ0n) is 22.1. The number of hydrogen-bond donors (Lipinski definition) is 3. The summed E-state index contributed by atoms with van der Waals surface area (Å²) in [6.45, 7) is 6.69. The molecule has 9 nitrogen and oxygen atoms in total. The molecule has 1 fully saturated rings. The smallest absolute Gasteiger partial charge is 0.251 e. The molecule has 2 aromatic carbocycles. The number of nitrogens with zero attached hydrogens (tertiary/aromatic N) is 2. The van der Waals surface area contributed by atoms with Crippen LogP contribution >= 0.6 is 0 Å². The number of nitrogens with one attached hydrogen (secondary N) is 2. The number of benzene rings is 2. The fraction of sp³-hybridized carbons (Fsp3) is 0.448. The summed E-state index contributed by atoms with van der Waals surface area (Å²) in [5, 5.41) is 17.3. The fourth-order valence-corrected chi connectivity index (χ4v) is 5.37. The van der Waals surface area contributed by atoms with E-state index in [4.69, 9.17) is 9.47 Å². The molecule has 0 unspecified atom stereocenters. The Kier molecular flexibility index (Phi) is 7.69. The van der Waals surface area contributed by atoms with Crippen LogP contribution in [0.3, 0.4) is 0 Å². The Bertz CT molecular complexity index is 1380. The van der Waals surface area contributed by atoms with Crippen LogP contribution in [0.25, 0.3) is 10.9 Å². The van der Waals surface area contributed by atoms with Crippen LogP contribution in [0.15, 0.2) is 47.3 Å². The summed E-state index contributed by atoms with van der Waals surface area (Å²) in [7, 11) is 1.57. The van der Waals surface area contributed by atoms with Gasteiger partial charge >= 0.3 is 0 Å². The fourth-order valence-electron chi connectivity index (χ4n) is 5.37. The van der Waals surface area contributed by atoms with Gasteiger partial charge < -0.3 is 34.7 Å². The summed E-state index contributed by atoms with van der Waals surface area (Å²) in [5.41, 5.74) is 2.78. The molecule has 5 rings (SSSR count). The number of carbonyl (C=O) groups is 1. The molecule has 1 amide bonds. The van der Waals surface area contributed by atoms with Gasteiger partial charge in [0.2, 0.25) is 0 Å². The number of piperidine rings is 1. The number of rotatable bonds is 8. The molecule has 2 aliphatic rings. The highest BCUT2D eigenvalue weighted by Crippen LogP contribution is 2.31. The van der Waals surface area contributed by atoms with Crippen LogP contribution < -0.4 is 25.7 Å². The van der Waals surface area contributed by atoms with Gasteiger partial charge in [-0.05, 0) is 49.1 Å². The summed E-state index contributed by atoms with van der Waals surface area (Å²) >= 11 is 0. The summed E-state index contributed by atoms with van der Waals surface area (Å²) < 4.78 is 13.1. The standard InChI is InChI=1S/C29H36N4O5/c1-20-3-5-22-23(28(36)30-2)17-27(35)33(24(22)15-20)12-11-32-9-7-29(19-34,8-10-32)31-18-21-4-6-25-26(16-21)38-14-13-37-25/h3-6,15-17,31,34H,7-14,18-19H2,1-2H3,(H,30,36). The molecule has 3 N–H and O–H groups in total. The molecule has 1 aromatic heterocycles. The lowest BCUT2D eigenvalue weighted by Gasteiger charge is -2.41. The summed E-state index contributed by atoms with van der Waals surface area (Å²) in [4.78, 5) is 27.7. The second-order valence-electron chi connectivity index (χ2n) is 10.3. The van der Waals surface area contributed by atoms with Crippen LogP contribution in [0.5, 0.6) is 11.5 Å². The monoisotopic (exact) mass is 520 g/mol. The Morgan fingerprint density at radius 3 is 2.53 bits per heavy atom. The van der Waals surface area contributed by atoms with Gasteiger partial charge in [-0.1, -0.05) is 18.2 Å². The van der Waals surface area contributed by atoms with E-state index in [1.54, 1.807) is 11.6 Å². The van der Waals surface area contributed by atoms with E-state index in [9.17, 15) is 14.7 Å². The van der Waals surface area contributed by atoms with Gasteiger partial charge in [-0.25, -0.2) is 0 Å². The maximum Gasteiger partial charge on any atom is 0.251 e. The first kappa shape index (κ1) is 26.2. The highest BCUT2D eigenvalue weighted by molar-refractivity contribution is 6.06. The molecule has 0 atom stereocenters. The molecule has 0 spiro atoms. The molecule has 2 aliphatic heterocycles. The van der Waals surface area contributed by atoms with Crippen LogP contribution in [0, 0.1) is 6.92 Å². The summed E-state index contributed by atoms with van der Waals surface area (Å²) in [5.74, 6) is 1.28. The van der Waals surface area contributed by atoms with Gasteiger partial charge in [0.1, 0.15) is 13.2 Å². The number of hydrogen-bond acceptors (Lipinski definition) is 7. The zero-order chi connectivity index (χ0) is 26.7. The highest BCUT2D eigenvalue weighted by atomic mass is 16.6. The van der Waals surface area contributed by atoms with Crippen molar-refractivity contribution in [3.63, 3.8) is 0 Å². The third-order valence-corrected chi connectivity index (χ3v) is 7.77. The molecule has 0 aliphatic carbocycles. The molecule has 38 heavy (non-hydrogen) atoms. The van der Waals surface area contributed by atoms with E-state index < -0.39 is 0 Å². The van der Waals surface area contributed by atoms with Crippen molar-refractivity contribution in [1.29, 1.82) is 0 Å². The lowest BCUT2D eigenvalue weighted by Crippen LogP contribution is -2.55. The number of amides is 1. The van der Waals surface area contributed by atoms with Gasteiger partial charge in [0, 0.05) is 56.8 Å². The Morgan fingerprint density at radius 2 is 1.79 bits per heavy atom. The molecular weight excluding hydrogens is 484 g/mol. The van der Waals surface area contributed by atoms with Crippen LogP contribution in [-0.4, -0.2) is 72.5 Å².